The molecule has 0 fully saturated rings. The van der Waals surface area contributed by atoms with E-state index in [2.05, 4.69) is 0 Å². The number of carbonyl (C=O) groups is 1. The lowest BCUT2D eigenvalue weighted by Crippen LogP contribution is -2.29. The maximum absolute atomic E-state index is 12.4. The Labute approximate surface area is 96.4 Å². The molecular formula is C10H13F3N2O2. The first kappa shape index (κ1) is 13.4. The van der Waals surface area contributed by atoms with E-state index in [1.54, 1.807) is 20.8 Å². The summed E-state index contributed by atoms with van der Waals surface area (Å²) < 4.78 is 42.2. The predicted molar refractivity (Wildman–Crippen MR) is 55.6 cm³/mol. The van der Waals surface area contributed by atoms with Gasteiger partial charge in [-0.05, 0) is 32.9 Å². The topological polar surface area (TPSA) is 43.3 Å². The molecule has 0 aromatic carbocycles. The lowest BCUT2D eigenvalue weighted by molar-refractivity contribution is -0.202. The average molecular weight is 250 g/mol. The van der Waals surface area contributed by atoms with Gasteiger partial charge in [-0.1, -0.05) is 0 Å². The van der Waals surface area contributed by atoms with Gasteiger partial charge in [-0.25, -0.2) is 9.36 Å². The van der Waals surface area contributed by atoms with Gasteiger partial charge in [0.15, 0.2) is 0 Å². The fraction of sp³-hybridized carbons (Fsp3) is 0.500. The average Bonchev–Trinajstić information content (AvgIpc) is 2.46. The van der Waals surface area contributed by atoms with Gasteiger partial charge in [-0.2, -0.15) is 0 Å². The predicted octanol–water partition coefficient (Wildman–Crippen LogP) is 3.31. The summed E-state index contributed by atoms with van der Waals surface area (Å²) in [5.41, 5.74) is -0.764. The van der Waals surface area contributed by atoms with Crippen molar-refractivity contribution in [2.24, 2.45) is 0 Å². The van der Waals surface area contributed by atoms with E-state index in [0.717, 1.165) is 12.3 Å². The molecule has 0 saturated carbocycles. The molecule has 0 spiro atoms. The van der Waals surface area contributed by atoms with Crippen LogP contribution in [0.25, 0.3) is 0 Å². The van der Waals surface area contributed by atoms with E-state index in [1.807, 2.05) is 5.32 Å². The summed E-state index contributed by atoms with van der Waals surface area (Å²) in [5, 5.41) is 2.04. The SMILES string of the molecule is CC(C)(C)OC(=O)Nc1cccn1C(F)(F)F. The molecule has 0 bridgehead atoms. The highest BCUT2D eigenvalue weighted by Gasteiger charge is 2.32. The zero-order chi connectivity index (χ0) is 13.3. The summed E-state index contributed by atoms with van der Waals surface area (Å²) >= 11 is 0. The number of ether oxygens (including phenoxy) is 1. The zero-order valence-electron chi connectivity index (χ0n) is 9.63. The summed E-state index contributed by atoms with van der Waals surface area (Å²) in [6.45, 7) is 4.86. The molecule has 1 heterocycles. The molecular weight excluding hydrogens is 237 g/mol. The number of rotatable bonds is 1. The number of nitrogens with one attached hydrogen (secondary N) is 1. The highest BCUT2D eigenvalue weighted by atomic mass is 19.4. The van der Waals surface area contributed by atoms with Gasteiger partial charge in [0.05, 0.1) is 0 Å². The molecule has 0 atom stereocenters. The Morgan fingerprint density at radius 3 is 2.41 bits per heavy atom. The number of carbonyl (C=O) groups excluding carboxylic acids is 1. The molecule has 0 unspecified atom stereocenters. The first-order valence-corrected chi connectivity index (χ1v) is 4.84. The first-order valence-electron chi connectivity index (χ1n) is 4.84. The van der Waals surface area contributed by atoms with Crippen LogP contribution in [0.5, 0.6) is 0 Å². The van der Waals surface area contributed by atoms with Gasteiger partial charge in [0, 0.05) is 6.20 Å². The molecule has 1 amide bonds. The number of halogens is 3. The van der Waals surface area contributed by atoms with E-state index in [-0.39, 0.29) is 10.4 Å². The van der Waals surface area contributed by atoms with E-state index in [9.17, 15) is 18.0 Å². The van der Waals surface area contributed by atoms with Crippen LogP contribution in [0.2, 0.25) is 0 Å². The standard InChI is InChI=1S/C10H13F3N2O2/c1-9(2,3)17-8(16)14-7-5-4-6-15(7)10(11,12)13/h4-6H,1-3H3,(H,14,16). The van der Waals surface area contributed by atoms with Gasteiger partial charge in [0.25, 0.3) is 0 Å². The van der Waals surface area contributed by atoms with Crippen LogP contribution in [0.4, 0.5) is 23.8 Å². The Balaban J connectivity index is 2.77. The van der Waals surface area contributed by atoms with Crippen molar-refractivity contribution in [3.8, 4) is 0 Å². The summed E-state index contributed by atoms with van der Waals surface area (Å²) in [7, 11) is 0. The second-order valence-electron chi connectivity index (χ2n) is 4.36. The Bertz CT molecular complexity index is 404. The van der Waals surface area contributed by atoms with Crippen LogP contribution in [-0.4, -0.2) is 16.3 Å². The van der Waals surface area contributed by atoms with Crippen molar-refractivity contribution < 1.29 is 22.7 Å². The number of amides is 1. The number of hydrogen-bond acceptors (Lipinski definition) is 2. The van der Waals surface area contributed by atoms with Crippen molar-refractivity contribution in [2.45, 2.75) is 32.7 Å². The van der Waals surface area contributed by atoms with Crippen LogP contribution in [0.1, 0.15) is 20.8 Å². The number of aromatic nitrogens is 1. The van der Waals surface area contributed by atoms with Crippen LogP contribution < -0.4 is 5.32 Å². The van der Waals surface area contributed by atoms with Gasteiger partial charge in [-0.15, -0.1) is 13.2 Å². The van der Waals surface area contributed by atoms with Gasteiger partial charge in [0.2, 0.25) is 0 Å². The Morgan fingerprint density at radius 1 is 1.35 bits per heavy atom. The van der Waals surface area contributed by atoms with Gasteiger partial charge in [0.1, 0.15) is 11.4 Å². The quantitative estimate of drug-likeness (QED) is 0.830. The molecule has 1 N–H and O–H groups in total. The van der Waals surface area contributed by atoms with E-state index in [1.165, 1.54) is 6.07 Å². The Hall–Kier alpha value is -1.66. The molecule has 96 valence electrons. The number of hydrogen-bond donors (Lipinski definition) is 1. The highest BCUT2D eigenvalue weighted by molar-refractivity contribution is 5.83. The maximum Gasteiger partial charge on any atom is 0.490 e. The van der Waals surface area contributed by atoms with Crippen molar-refractivity contribution in [1.82, 2.24) is 4.57 Å². The molecule has 1 aromatic rings. The lowest BCUT2D eigenvalue weighted by atomic mass is 10.2. The zero-order valence-corrected chi connectivity index (χ0v) is 9.63. The van der Waals surface area contributed by atoms with Crippen LogP contribution in [0, 0.1) is 0 Å². The smallest absolute Gasteiger partial charge is 0.444 e. The highest BCUT2D eigenvalue weighted by Crippen LogP contribution is 2.27. The van der Waals surface area contributed by atoms with Crippen LogP contribution in [-0.2, 0) is 11.0 Å². The van der Waals surface area contributed by atoms with Crippen molar-refractivity contribution in [3.05, 3.63) is 18.3 Å². The summed E-state index contributed by atoms with van der Waals surface area (Å²) in [5.74, 6) is -0.383. The molecule has 0 radical (unpaired) electrons. The minimum absolute atomic E-state index is 0.00306. The van der Waals surface area contributed by atoms with Crippen molar-refractivity contribution in [2.75, 3.05) is 5.32 Å². The first-order chi connectivity index (χ1) is 7.59. The second-order valence-corrected chi connectivity index (χ2v) is 4.36. The third-order valence-corrected chi connectivity index (χ3v) is 1.65. The van der Waals surface area contributed by atoms with Crippen molar-refractivity contribution in [1.29, 1.82) is 0 Å². The minimum Gasteiger partial charge on any atom is -0.444 e. The summed E-state index contributed by atoms with van der Waals surface area (Å²) in [6.07, 6.45) is -4.69. The van der Waals surface area contributed by atoms with Crippen LogP contribution >= 0.6 is 0 Å². The molecule has 4 nitrogen and oxygen atoms in total. The second kappa shape index (κ2) is 4.31. The van der Waals surface area contributed by atoms with Gasteiger partial charge < -0.3 is 4.74 Å². The Morgan fingerprint density at radius 2 is 1.94 bits per heavy atom. The number of alkyl halides is 3. The summed E-state index contributed by atoms with van der Waals surface area (Å²) in [4.78, 5) is 11.3. The van der Waals surface area contributed by atoms with E-state index in [4.69, 9.17) is 4.74 Å². The number of anilines is 1. The third kappa shape index (κ3) is 4.01. The molecule has 0 saturated heterocycles. The summed E-state index contributed by atoms with van der Waals surface area (Å²) in [6, 6.07) is 2.32. The fourth-order valence-corrected chi connectivity index (χ4v) is 1.11. The minimum atomic E-state index is -4.58. The van der Waals surface area contributed by atoms with Crippen LogP contribution in [0.15, 0.2) is 18.3 Å². The number of nitrogens with zero attached hydrogens (tertiary/aromatic N) is 1. The largest absolute Gasteiger partial charge is 0.490 e. The molecule has 17 heavy (non-hydrogen) atoms. The third-order valence-electron chi connectivity index (χ3n) is 1.65. The monoisotopic (exact) mass is 250 g/mol. The van der Waals surface area contributed by atoms with E-state index >= 15 is 0 Å². The van der Waals surface area contributed by atoms with Crippen molar-refractivity contribution in [3.63, 3.8) is 0 Å². The molecule has 7 heteroatoms. The lowest BCUT2D eigenvalue weighted by Gasteiger charge is -2.20. The van der Waals surface area contributed by atoms with Gasteiger partial charge >= 0.3 is 12.4 Å². The molecule has 0 aliphatic rings. The maximum atomic E-state index is 12.4. The molecule has 0 aliphatic carbocycles. The molecule has 0 aliphatic heterocycles. The molecule has 1 aromatic heterocycles. The van der Waals surface area contributed by atoms with E-state index < -0.39 is 18.0 Å². The van der Waals surface area contributed by atoms with Crippen LogP contribution in [0.3, 0.4) is 0 Å². The van der Waals surface area contributed by atoms with E-state index in [0.29, 0.717) is 0 Å². The normalized spacial score (nSPS) is 12.4. The fourth-order valence-electron chi connectivity index (χ4n) is 1.11. The van der Waals surface area contributed by atoms with Gasteiger partial charge in [-0.3, -0.25) is 5.32 Å². The van der Waals surface area contributed by atoms with Crippen molar-refractivity contribution >= 4 is 11.9 Å². The molecule has 1 rings (SSSR count). The Kier molecular flexibility index (Phi) is 3.40.